The van der Waals surface area contributed by atoms with Crippen LogP contribution in [0.1, 0.15) is 142 Å². The largest absolute Gasteiger partial charge is 0.472 e. The molecule has 0 bridgehead atoms. The molecule has 0 aromatic heterocycles. The van der Waals surface area contributed by atoms with Gasteiger partial charge < -0.3 is 39.9 Å². The lowest BCUT2D eigenvalue weighted by atomic mass is 9.85. The fourth-order valence-corrected chi connectivity index (χ4v) is 7.02. The van der Waals surface area contributed by atoms with Crippen molar-refractivity contribution in [3.63, 3.8) is 0 Å². The lowest BCUT2D eigenvalue weighted by Gasteiger charge is -2.41. The van der Waals surface area contributed by atoms with Crippen LogP contribution in [0.4, 0.5) is 0 Å². The number of aliphatic hydroxyl groups is 5. The first kappa shape index (κ1) is 56.0. The average molecular weight is 881 g/mol. The number of esters is 2. The number of hydrogen-bond donors (Lipinski definition) is 6. The van der Waals surface area contributed by atoms with Gasteiger partial charge >= 0.3 is 19.8 Å². The van der Waals surface area contributed by atoms with Crippen molar-refractivity contribution in [3.05, 3.63) is 85.1 Å². The fourth-order valence-electron chi connectivity index (χ4n) is 6.05. The van der Waals surface area contributed by atoms with E-state index in [1.165, 1.54) is 38.5 Å². The highest BCUT2D eigenvalue weighted by atomic mass is 31.2. The third-order valence-corrected chi connectivity index (χ3v) is 10.7. The van der Waals surface area contributed by atoms with E-state index in [9.17, 15) is 44.6 Å². The molecule has 13 nitrogen and oxygen atoms in total. The van der Waals surface area contributed by atoms with Gasteiger partial charge in [-0.15, -0.1) is 0 Å². The number of aliphatic hydroxyl groups excluding tert-OH is 5. The summed E-state index contributed by atoms with van der Waals surface area (Å²) in [4.78, 5) is 35.6. The molecular formula is C47H77O13P. The molecule has 1 saturated carbocycles. The Kier molecular flexibility index (Phi) is 33.5. The molecule has 6 unspecified atom stereocenters. The van der Waals surface area contributed by atoms with E-state index < -0.39 is 75.7 Å². The Morgan fingerprint density at radius 1 is 0.508 bits per heavy atom. The summed E-state index contributed by atoms with van der Waals surface area (Å²) in [7, 11) is -5.14. The van der Waals surface area contributed by atoms with E-state index >= 15 is 0 Å². The lowest BCUT2D eigenvalue weighted by Crippen LogP contribution is -2.64. The van der Waals surface area contributed by atoms with Crippen molar-refractivity contribution >= 4 is 19.8 Å². The molecule has 0 heterocycles. The molecule has 1 rings (SSSR count). The van der Waals surface area contributed by atoms with Crippen molar-refractivity contribution in [2.45, 2.75) is 185 Å². The van der Waals surface area contributed by atoms with Gasteiger partial charge in [0.15, 0.2) is 6.10 Å². The highest BCUT2D eigenvalue weighted by molar-refractivity contribution is 7.47. The summed E-state index contributed by atoms with van der Waals surface area (Å²) in [5.41, 5.74) is 0. The average Bonchev–Trinajstić information content (AvgIpc) is 3.24. The number of hydrogen-bond acceptors (Lipinski definition) is 12. The van der Waals surface area contributed by atoms with E-state index in [4.69, 9.17) is 18.5 Å². The maximum atomic E-state index is 12.8. The van der Waals surface area contributed by atoms with Crippen LogP contribution in [0.15, 0.2) is 85.1 Å². The molecule has 0 saturated heterocycles. The van der Waals surface area contributed by atoms with Gasteiger partial charge in [0.1, 0.15) is 43.2 Å². The topological polar surface area (TPSA) is 210 Å². The van der Waals surface area contributed by atoms with E-state index in [1.54, 1.807) is 0 Å². The van der Waals surface area contributed by atoms with E-state index in [-0.39, 0.29) is 12.8 Å². The molecular weight excluding hydrogens is 803 g/mol. The number of phosphoric ester groups is 1. The summed E-state index contributed by atoms with van der Waals surface area (Å²) in [5.74, 6) is -1.22. The zero-order chi connectivity index (χ0) is 45.0. The Balaban J connectivity index is 2.56. The van der Waals surface area contributed by atoms with Crippen LogP contribution in [0, 0.1) is 0 Å². The molecule has 0 aliphatic heterocycles. The lowest BCUT2D eigenvalue weighted by molar-refractivity contribution is -0.220. The summed E-state index contributed by atoms with van der Waals surface area (Å²) in [6, 6.07) is 0. The highest BCUT2D eigenvalue weighted by Crippen LogP contribution is 2.47. The molecule has 0 aromatic rings. The van der Waals surface area contributed by atoms with Gasteiger partial charge in [-0.3, -0.25) is 18.6 Å². The Hall–Kier alpha value is -2.97. The van der Waals surface area contributed by atoms with E-state index in [0.717, 1.165) is 51.4 Å². The molecule has 348 valence electrons. The number of allylic oxidation sites excluding steroid dienone is 14. The van der Waals surface area contributed by atoms with Crippen LogP contribution in [0.25, 0.3) is 0 Å². The van der Waals surface area contributed by atoms with Crippen LogP contribution in [0.5, 0.6) is 0 Å². The number of ether oxygens (including phenoxy) is 2. The zero-order valence-electron chi connectivity index (χ0n) is 36.7. The van der Waals surface area contributed by atoms with Crippen molar-refractivity contribution in [2.75, 3.05) is 13.2 Å². The molecule has 0 amide bonds. The zero-order valence-corrected chi connectivity index (χ0v) is 37.6. The van der Waals surface area contributed by atoms with Gasteiger partial charge in [0.2, 0.25) is 0 Å². The number of phosphoric acid groups is 1. The first-order valence-electron chi connectivity index (χ1n) is 22.4. The summed E-state index contributed by atoms with van der Waals surface area (Å²) in [6.07, 6.45) is 33.6. The van der Waals surface area contributed by atoms with Crippen LogP contribution >= 0.6 is 7.82 Å². The predicted molar refractivity (Wildman–Crippen MR) is 239 cm³/mol. The second-order valence-electron chi connectivity index (χ2n) is 15.2. The molecule has 0 spiro atoms. The second kappa shape index (κ2) is 36.5. The van der Waals surface area contributed by atoms with E-state index in [0.29, 0.717) is 25.7 Å². The molecule has 0 aromatic carbocycles. The van der Waals surface area contributed by atoms with Gasteiger partial charge in [-0.1, -0.05) is 125 Å². The highest BCUT2D eigenvalue weighted by Gasteiger charge is 2.51. The van der Waals surface area contributed by atoms with Crippen LogP contribution in [0.2, 0.25) is 0 Å². The standard InChI is InChI=1S/C47H77O13P/c1-3-5-7-9-11-13-15-17-19-20-22-23-25-27-29-31-33-35-40(48)57-37-39(38-58-61(55,56)60-47-45(53)43(51)42(50)44(52)46(47)54)59-41(49)36-34-32-30-28-26-24-21-18-16-14-12-10-8-6-4-2/h11-14,17-19,21-23,26-29,39,42-47,50-54H,3-10,15-16,20,24-25,30-38H2,1-2H3,(H,55,56)/b13-11+,14-12+,19-17+,21-18+,23-22+,28-26+,29-27+/t39-,42?,43-,44?,45?,46?,47?/m0/s1. The van der Waals surface area contributed by atoms with Crippen molar-refractivity contribution in [1.82, 2.24) is 0 Å². The minimum atomic E-state index is -5.14. The Morgan fingerprint density at radius 3 is 1.33 bits per heavy atom. The SMILES string of the molecule is CCCCC/C=C/C/C=C/C/C=C/C/C=C/CCCC(=O)OC[C@@H](COP(=O)(O)OC1C(O)C(O)C(O)[C@H](O)C1O)OC(=O)CCCC/C=C/C/C=C/C/C=C/CCCCC. The predicted octanol–water partition coefficient (Wildman–Crippen LogP) is 8.50. The minimum absolute atomic E-state index is 0.0315. The van der Waals surface area contributed by atoms with Gasteiger partial charge in [0.05, 0.1) is 6.61 Å². The number of carbonyl (C=O) groups excluding carboxylic acids is 2. The molecule has 1 aliphatic rings. The first-order valence-corrected chi connectivity index (χ1v) is 23.9. The third kappa shape index (κ3) is 29.1. The number of carbonyl (C=O) groups is 2. The number of unbranched alkanes of at least 4 members (excludes halogenated alkanes) is 9. The molecule has 8 atom stereocenters. The van der Waals surface area contributed by atoms with Crippen LogP contribution in [-0.4, -0.2) is 98.3 Å². The van der Waals surface area contributed by atoms with Crippen molar-refractivity contribution < 1.29 is 63.1 Å². The van der Waals surface area contributed by atoms with Crippen molar-refractivity contribution in [1.29, 1.82) is 0 Å². The monoisotopic (exact) mass is 881 g/mol. The maximum Gasteiger partial charge on any atom is 0.472 e. The van der Waals surface area contributed by atoms with Gasteiger partial charge in [-0.25, -0.2) is 4.57 Å². The Labute approximate surface area is 365 Å². The smallest absolute Gasteiger partial charge is 0.462 e. The van der Waals surface area contributed by atoms with Gasteiger partial charge in [0, 0.05) is 12.8 Å². The first-order chi connectivity index (χ1) is 29.4. The summed E-state index contributed by atoms with van der Waals surface area (Å²) in [6.45, 7) is 3.14. The molecule has 61 heavy (non-hydrogen) atoms. The van der Waals surface area contributed by atoms with E-state index in [1.807, 2.05) is 18.2 Å². The van der Waals surface area contributed by atoms with Crippen molar-refractivity contribution in [3.8, 4) is 0 Å². The molecule has 1 fully saturated rings. The normalized spacial score (nSPS) is 22.8. The summed E-state index contributed by atoms with van der Waals surface area (Å²) in [5, 5.41) is 50.1. The molecule has 0 radical (unpaired) electrons. The number of rotatable bonds is 35. The van der Waals surface area contributed by atoms with Gasteiger partial charge in [-0.2, -0.15) is 0 Å². The van der Waals surface area contributed by atoms with E-state index in [2.05, 4.69) is 80.7 Å². The molecule has 1 aliphatic carbocycles. The van der Waals surface area contributed by atoms with Crippen molar-refractivity contribution in [2.24, 2.45) is 0 Å². The Bertz CT molecular complexity index is 1390. The Morgan fingerprint density at radius 2 is 0.885 bits per heavy atom. The third-order valence-electron chi connectivity index (χ3n) is 9.71. The summed E-state index contributed by atoms with van der Waals surface area (Å²) < 4.78 is 33.4. The van der Waals surface area contributed by atoms with Crippen LogP contribution < -0.4 is 0 Å². The molecule has 14 heteroatoms. The second-order valence-corrected chi connectivity index (χ2v) is 16.6. The fraction of sp³-hybridized carbons (Fsp3) is 0.660. The minimum Gasteiger partial charge on any atom is -0.462 e. The van der Waals surface area contributed by atoms with Crippen LogP contribution in [0.3, 0.4) is 0 Å². The van der Waals surface area contributed by atoms with Gasteiger partial charge in [0.25, 0.3) is 0 Å². The quantitative estimate of drug-likeness (QED) is 0.0153. The van der Waals surface area contributed by atoms with Crippen LogP contribution in [-0.2, 0) is 32.7 Å². The molecule has 6 N–H and O–H groups in total. The summed E-state index contributed by atoms with van der Waals surface area (Å²) >= 11 is 0. The maximum absolute atomic E-state index is 12.8. The van der Waals surface area contributed by atoms with Gasteiger partial charge in [-0.05, 0) is 89.9 Å².